The fourth-order valence-electron chi connectivity index (χ4n) is 2.02. The molecule has 0 heterocycles. The van der Waals surface area contributed by atoms with Crippen molar-refractivity contribution in [3.63, 3.8) is 0 Å². The van der Waals surface area contributed by atoms with Gasteiger partial charge < -0.3 is 5.73 Å². The van der Waals surface area contributed by atoms with Gasteiger partial charge in [-0.25, -0.2) is 0 Å². The highest BCUT2D eigenvalue weighted by Gasteiger charge is 2.11. The SMILES string of the molecule is NCC(Cc1ccc(Cl)c(Cl)c1)c1ccc(Br)cc1. The van der Waals surface area contributed by atoms with Crippen molar-refractivity contribution in [3.05, 3.63) is 68.1 Å². The molecule has 0 aliphatic heterocycles. The molecule has 0 amide bonds. The number of rotatable bonds is 4. The molecule has 4 heteroatoms. The van der Waals surface area contributed by atoms with E-state index in [0.29, 0.717) is 16.6 Å². The van der Waals surface area contributed by atoms with E-state index in [1.807, 2.05) is 30.3 Å². The molecular formula is C15H14BrCl2N. The predicted molar refractivity (Wildman–Crippen MR) is 86.1 cm³/mol. The van der Waals surface area contributed by atoms with E-state index in [9.17, 15) is 0 Å². The first-order valence-electron chi connectivity index (χ1n) is 5.99. The Kier molecular flexibility index (Phi) is 5.28. The van der Waals surface area contributed by atoms with Gasteiger partial charge in [0.2, 0.25) is 0 Å². The van der Waals surface area contributed by atoms with Gasteiger partial charge in [0.05, 0.1) is 10.0 Å². The van der Waals surface area contributed by atoms with Crippen molar-refractivity contribution in [1.82, 2.24) is 0 Å². The minimum atomic E-state index is 0.283. The zero-order valence-electron chi connectivity index (χ0n) is 10.2. The van der Waals surface area contributed by atoms with Crippen LogP contribution in [0.1, 0.15) is 17.0 Å². The maximum Gasteiger partial charge on any atom is 0.0595 e. The van der Waals surface area contributed by atoms with Crippen LogP contribution in [0.3, 0.4) is 0 Å². The van der Waals surface area contributed by atoms with E-state index in [-0.39, 0.29) is 5.92 Å². The lowest BCUT2D eigenvalue weighted by Crippen LogP contribution is -2.15. The van der Waals surface area contributed by atoms with Crippen molar-refractivity contribution >= 4 is 39.1 Å². The first-order chi connectivity index (χ1) is 9.10. The summed E-state index contributed by atoms with van der Waals surface area (Å²) in [5.41, 5.74) is 8.27. The van der Waals surface area contributed by atoms with Crippen LogP contribution in [0.25, 0.3) is 0 Å². The average Bonchev–Trinajstić information content (AvgIpc) is 2.41. The molecule has 2 aromatic rings. The van der Waals surface area contributed by atoms with Crippen LogP contribution in [0, 0.1) is 0 Å². The Balaban J connectivity index is 2.18. The molecule has 0 aliphatic rings. The lowest BCUT2D eigenvalue weighted by molar-refractivity contribution is 0.694. The van der Waals surface area contributed by atoms with Gasteiger partial charge in [0.1, 0.15) is 0 Å². The summed E-state index contributed by atoms with van der Waals surface area (Å²) in [7, 11) is 0. The fourth-order valence-corrected chi connectivity index (χ4v) is 2.61. The van der Waals surface area contributed by atoms with Crippen molar-refractivity contribution < 1.29 is 0 Å². The van der Waals surface area contributed by atoms with E-state index in [1.54, 1.807) is 0 Å². The maximum atomic E-state index is 6.04. The van der Waals surface area contributed by atoms with E-state index in [2.05, 4.69) is 28.1 Å². The summed E-state index contributed by atoms with van der Waals surface area (Å²) < 4.78 is 1.07. The summed E-state index contributed by atoms with van der Waals surface area (Å²) >= 11 is 15.4. The van der Waals surface area contributed by atoms with Crippen molar-refractivity contribution in [2.75, 3.05) is 6.54 Å². The van der Waals surface area contributed by atoms with Crippen molar-refractivity contribution in [3.8, 4) is 0 Å². The Hall–Kier alpha value is -0.540. The zero-order valence-corrected chi connectivity index (χ0v) is 13.3. The molecule has 0 radical (unpaired) electrons. The van der Waals surface area contributed by atoms with Crippen molar-refractivity contribution in [2.24, 2.45) is 5.73 Å². The smallest absolute Gasteiger partial charge is 0.0595 e. The van der Waals surface area contributed by atoms with Crippen molar-refractivity contribution in [1.29, 1.82) is 0 Å². The molecule has 2 aromatic carbocycles. The Morgan fingerprint density at radius 3 is 2.26 bits per heavy atom. The second-order valence-corrected chi connectivity index (χ2v) is 6.17. The highest BCUT2D eigenvalue weighted by atomic mass is 79.9. The molecule has 0 spiro atoms. The second-order valence-electron chi connectivity index (χ2n) is 4.44. The van der Waals surface area contributed by atoms with Gasteiger partial charge >= 0.3 is 0 Å². The molecule has 1 nitrogen and oxygen atoms in total. The second kappa shape index (κ2) is 6.76. The minimum Gasteiger partial charge on any atom is -0.330 e. The van der Waals surface area contributed by atoms with Gasteiger partial charge in [0, 0.05) is 10.4 Å². The number of nitrogens with two attached hydrogens (primary N) is 1. The quantitative estimate of drug-likeness (QED) is 0.813. The van der Waals surface area contributed by atoms with Crippen LogP contribution in [0.15, 0.2) is 46.9 Å². The van der Waals surface area contributed by atoms with Crippen LogP contribution >= 0.6 is 39.1 Å². The van der Waals surface area contributed by atoms with E-state index < -0.39 is 0 Å². The van der Waals surface area contributed by atoms with E-state index in [1.165, 1.54) is 5.56 Å². The largest absolute Gasteiger partial charge is 0.330 e. The van der Waals surface area contributed by atoms with Gasteiger partial charge in [-0.3, -0.25) is 0 Å². The molecule has 0 aromatic heterocycles. The molecule has 0 aliphatic carbocycles. The first kappa shape index (κ1) is 14.9. The number of hydrogen-bond donors (Lipinski definition) is 1. The molecule has 0 saturated carbocycles. The monoisotopic (exact) mass is 357 g/mol. The summed E-state index contributed by atoms with van der Waals surface area (Å²) in [6.45, 7) is 0.599. The normalized spacial score (nSPS) is 12.4. The van der Waals surface area contributed by atoms with Crippen LogP contribution in [0.4, 0.5) is 0 Å². The van der Waals surface area contributed by atoms with Gasteiger partial charge in [-0.2, -0.15) is 0 Å². The number of halogens is 3. The van der Waals surface area contributed by atoms with Crippen LogP contribution in [-0.2, 0) is 6.42 Å². The third kappa shape index (κ3) is 3.96. The van der Waals surface area contributed by atoms with E-state index >= 15 is 0 Å². The molecule has 2 rings (SSSR count). The highest BCUT2D eigenvalue weighted by molar-refractivity contribution is 9.10. The van der Waals surface area contributed by atoms with Gasteiger partial charge in [0.15, 0.2) is 0 Å². The number of hydrogen-bond acceptors (Lipinski definition) is 1. The standard InChI is InChI=1S/C15H14BrCl2N/c16-13-4-2-11(3-5-13)12(9-19)7-10-1-6-14(17)15(18)8-10/h1-6,8,12H,7,9,19H2. The zero-order chi connectivity index (χ0) is 13.8. The van der Waals surface area contributed by atoms with Gasteiger partial charge in [-0.1, -0.05) is 57.3 Å². The molecule has 0 bridgehead atoms. The van der Waals surface area contributed by atoms with Crippen LogP contribution < -0.4 is 5.73 Å². The van der Waals surface area contributed by atoms with Crippen LogP contribution in [0.5, 0.6) is 0 Å². The summed E-state index contributed by atoms with van der Waals surface area (Å²) in [5, 5.41) is 1.17. The summed E-state index contributed by atoms with van der Waals surface area (Å²) in [6.07, 6.45) is 0.856. The molecule has 0 fully saturated rings. The lowest BCUT2D eigenvalue weighted by Gasteiger charge is -2.16. The highest BCUT2D eigenvalue weighted by Crippen LogP contribution is 2.26. The van der Waals surface area contributed by atoms with Crippen LogP contribution in [-0.4, -0.2) is 6.54 Å². The lowest BCUT2D eigenvalue weighted by atomic mass is 9.92. The summed E-state index contributed by atoms with van der Waals surface area (Å²) in [4.78, 5) is 0. The molecule has 2 N–H and O–H groups in total. The van der Waals surface area contributed by atoms with Gasteiger partial charge in [-0.05, 0) is 48.4 Å². The Morgan fingerprint density at radius 1 is 1.00 bits per heavy atom. The maximum absolute atomic E-state index is 6.04. The number of benzene rings is 2. The third-order valence-corrected chi connectivity index (χ3v) is 4.36. The van der Waals surface area contributed by atoms with Gasteiger partial charge in [0.25, 0.3) is 0 Å². The molecule has 0 saturated heterocycles. The third-order valence-electron chi connectivity index (χ3n) is 3.09. The van der Waals surface area contributed by atoms with Gasteiger partial charge in [-0.15, -0.1) is 0 Å². The molecule has 1 unspecified atom stereocenters. The molecule has 19 heavy (non-hydrogen) atoms. The van der Waals surface area contributed by atoms with Crippen molar-refractivity contribution in [2.45, 2.75) is 12.3 Å². The summed E-state index contributed by atoms with van der Waals surface area (Å²) in [6, 6.07) is 14.0. The summed E-state index contributed by atoms with van der Waals surface area (Å²) in [5.74, 6) is 0.283. The predicted octanol–water partition coefficient (Wildman–Crippen LogP) is 5.04. The Morgan fingerprint density at radius 2 is 1.68 bits per heavy atom. The fraction of sp³-hybridized carbons (Fsp3) is 0.200. The molecule has 1 atom stereocenters. The molecular weight excluding hydrogens is 345 g/mol. The Labute approximate surface area is 131 Å². The minimum absolute atomic E-state index is 0.283. The first-order valence-corrected chi connectivity index (χ1v) is 7.54. The van der Waals surface area contributed by atoms with E-state index in [4.69, 9.17) is 28.9 Å². The average molecular weight is 359 g/mol. The topological polar surface area (TPSA) is 26.0 Å². The van der Waals surface area contributed by atoms with E-state index in [0.717, 1.165) is 16.5 Å². The Bertz CT molecular complexity index is 555. The molecule has 100 valence electrons. The van der Waals surface area contributed by atoms with Crippen LogP contribution in [0.2, 0.25) is 10.0 Å².